The summed E-state index contributed by atoms with van der Waals surface area (Å²) in [5, 5.41) is 7.25. The van der Waals surface area contributed by atoms with Crippen LogP contribution in [0.2, 0.25) is 0 Å². The summed E-state index contributed by atoms with van der Waals surface area (Å²) < 4.78 is 10.5. The summed E-state index contributed by atoms with van der Waals surface area (Å²) in [6.07, 6.45) is 5.21. The molecule has 0 saturated carbocycles. The van der Waals surface area contributed by atoms with Crippen molar-refractivity contribution in [3.8, 4) is 17.0 Å². The Bertz CT molecular complexity index is 807. The molecule has 3 aromatic heterocycles. The smallest absolute Gasteiger partial charge is 0.237 e. The van der Waals surface area contributed by atoms with E-state index in [0.717, 1.165) is 39.9 Å². The molecule has 26 heavy (non-hydrogen) atoms. The van der Waals surface area contributed by atoms with Crippen molar-refractivity contribution in [2.75, 3.05) is 12.4 Å². The van der Waals surface area contributed by atoms with E-state index in [2.05, 4.69) is 41.2 Å². The number of aromatic nitrogens is 3. The monoisotopic (exact) mass is 354 g/mol. The number of aryl methyl sites for hydroxylation is 2. The number of nitrogens with one attached hydrogen (secondary N) is 1. The maximum atomic E-state index is 5.32. The lowest BCUT2D eigenvalue weighted by Crippen LogP contribution is -1.98. The number of rotatable bonds is 4. The normalized spacial score (nSPS) is 10.3. The first-order chi connectivity index (χ1) is 12.4. The Morgan fingerprint density at radius 2 is 1.88 bits per heavy atom. The fourth-order valence-electron chi connectivity index (χ4n) is 2.33. The molecular formula is C20H26N4O2. The number of hydrogen-bond donors (Lipinski definition) is 1. The molecule has 6 heteroatoms. The van der Waals surface area contributed by atoms with Gasteiger partial charge in [-0.15, -0.1) is 0 Å². The van der Waals surface area contributed by atoms with Crippen LogP contribution < -0.4 is 10.1 Å². The Morgan fingerprint density at radius 3 is 2.42 bits per heavy atom. The minimum absolute atomic E-state index is 0.513. The van der Waals surface area contributed by atoms with Crippen LogP contribution in [0.4, 0.5) is 11.4 Å². The van der Waals surface area contributed by atoms with Gasteiger partial charge in [-0.1, -0.05) is 25.9 Å². The quantitative estimate of drug-likeness (QED) is 0.697. The highest BCUT2D eigenvalue weighted by Gasteiger charge is 2.15. The molecule has 0 bridgehead atoms. The van der Waals surface area contributed by atoms with E-state index in [4.69, 9.17) is 9.26 Å². The van der Waals surface area contributed by atoms with Crippen molar-refractivity contribution in [1.29, 1.82) is 0 Å². The lowest BCUT2D eigenvalue weighted by Gasteiger charge is -2.11. The Balaban J connectivity index is 0.000000552. The van der Waals surface area contributed by atoms with E-state index in [9.17, 15) is 0 Å². The second-order valence-corrected chi connectivity index (χ2v) is 6.58. The summed E-state index contributed by atoms with van der Waals surface area (Å²) in [6.45, 7) is 10.3. The predicted octanol–water partition coefficient (Wildman–Crippen LogP) is 5.16. The molecule has 0 aliphatic carbocycles. The zero-order valence-electron chi connectivity index (χ0n) is 16.2. The van der Waals surface area contributed by atoms with E-state index in [1.54, 1.807) is 25.7 Å². The van der Waals surface area contributed by atoms with E-state index in [1.165, 1.54) is 0 Å². The zero-order valence-corrected chi connectivity index (χ0v) is 16.2. The van der Waals surface area contributed by atoms with Crippen LogP contribution in [0.1, 0.15) is 32.2 Å². The van der Waals surface area contributed by atoms with Gasteiger partial charge in [0.15, 0.2) is 0 Å². The molecule has 0 saturated heterocycles. The lowest BCUT2D eigenvalue weighted by molar-refractivity contribution is 0.393. The molecule has 0 radical (unpaired) electrons. The van der Waals surface area contributed by atoms with Gasteiger partial charge >= 0.3 is 0 Å². The van der Waals surface area contributed by atoms with Gasteiger partial charge in [0.05, 0.1) is 24.7 Å². The standard InChI is InChI=1S/C16H16N4O2.C4H10/c1-10-15(11(2)22-20-10)12-7-14(16(21-3)18-8-12)19-13-5-4-6-17-9-13;1-4(2)3/h4-9,19H,1-3H3;4H,1-3H3. The minimum atomic E-state index is 0.513. The fraction of sp³-hybridized carbons (Fsp3) is 0.350. The SMILES string of the molecule is CC(C)C.COc1ncc(-c2c(C)noc2C)cc1Nc1cccnc1. The molecule has 138 valence electrons. The predicted molar refractivity (Wildman–Crippen MR) is 104 cm³/mol. The first-order valence-electron chi connectivity index (χ1n) is 8.56. The number of ether oxygens (including phenoxy) is 1. The Hall–Kier alpha value is -2.89. The van der Waals surface area contributed by atoms with E-state index < -0.39 is 0 Å². The van der Waals surface area contributed by atoms with Crippen molar-refractivity contribution >= 4 is 11.4 Å². The fourth-order valence-corrected chi connectivity index (χ4v) is 2.33. The molecule has 3 heterocycles. The van der Waals surface area contributed by atoms with Crippen molar-refractivity contribution in [1.82, 2.24) is 15.1 Å². The van der Waals surface area contributed by atoms with E-state index in [-0.39, 0.29) is 0 Å². The highest BCUT2D eigenvalue weighted by molar-refractivity contribution is 5.74. The summed E-state index contributed by atoms with van der Waals surface area (Å²) in [5.74, 6) is 2.11. The number of pyridine rings is 2. The third-order valence-corrected chi connectivity index (χ3v) is 3.31. The van der Waals surface area contributed by atoms with Crippen LogP contribution in [0, 0.1) is 19.8 Å². The molecule has 0 unspecified atom stereocenters. The van der Waals surface area contributed by atoms with Crippen molar-refractivity contribution < 1.29 is 9.26 Å². The molecule has 0 fully saturated rings. The number of hydrogen-bond acceptors (Lipinski definition) is 6. The van der Waals surface area contributed by atoms with Gasteiger partial charge in [0, 0.05) is 23.5 Å². The van der Waals surface area contributed by atoms with Crippen LogP contribution in [0.3, 0.4) is 0 Å². The summed E-state index contributed by atoms with van der Waals surface area (Å²) in [5.41, 5.74) is 4.32. The highest BCUT2D eigenvalue weighted by Crippen LogP contribution is 2.33. The van der Waals surface area contributed by atoms with Crippen LogP contribution in [0.15, 0.2) is 41.3 Å². The highest BCUT2D eigenvalue weighted by atomic mass is 16.5. The maximum absolute atomic E-state index is 5.32. The van der Waals surface area contributed by atoms with Gasteiger partial charge in [-0.05, 0) is 38.0 Å². The van der Waals surface area contributed by atoms with E-state index >= 15 is 0 Å². The van der Waals surface area contributed by atoms with Gasteiger partial charge in [-0.2, -0.15) is 0 Å². The third kappa shape index (κ3) is 5.05. The summed E-state index contributed by atoms with van der Waals surface area (Å²) in [6, 6.07) is 5.75. The van der Waals surface area contributed by atoms with Crippen molar-refractivity contribution in [3.63, 3.8) is 0 Å². The molecule has 1 N–H and O–H groups in total. The number of anilines is 2. The molecule has 6 nitrogen and oxygen atoms in total. The van der Waals surface area contributed by atoms with Gasteiger partial charge in [-0.25, -0.2) is 4.98 Å². The van der Waals surface area contributed by atoms with Crippen molar-refractivity contribution in [2.24, 2.45) is 5.92 Å². The van der Waals surface area contributed by atoms with Crippen LogP contribution >= 0.6 is 0 Å². The van der Waals surface area contributed by atoms with Gasteiger partial charge in [0.2, 0.25) is 5.88 Å². The first kappa shape index (κ1) is 19.4. The summed E-state index contributed by atoms with van der Waals surface area (Å²) in [4.78, 5) is 8.45. The second kappa shape index (κ2) is 8.99. The Labute approximate surface area is 154 Å². The van der Waals surface area contributed by atoms with Gasteiger partial charge in [-0.3, -0.25) is 4.98 Å². The molecule has 0 spiro atoms. The molecule has 3 aromatic rings. The average molecular weight is 354 g/mol. The molecule has 0 aliphatic heterocycles. The van der Waals surface area contributed by atoms with Crippen LogP contribution in [-0.2, 0) is 0 Å². The summed E-state index contributed by atoms with van der Waals surface area (Å²) in [7, 11) is 1.59. The molecule has 3 rings (SSSR count). The molecule has 0 aliphatic rings. The number of methoxy groups -OCH3 is 1. The first-order valence-corrected chi connectivity index (χ1v) is 8.56. The molecular weight excluding hydrogens is 328 g/mol. The Morgan fingerprint density at radius 1 is 1.15 bits per heavy atom. The van der Waals surface area contributed by atoms with Crippen LogP contribution in [0.5, 0.6) is 5.88 Å². The van der Waals surface area contributed by atoms with Crippen LogP contribution in [-0.4, -0.2) is 22.2 Å². The maximum Gasteiger partial charge on any atom is 0.237 e. The van der Waals surface area contributed by atoms with Gasteiger partial charge < -0.3 is 14.6 Å². The largest absolute Gasteiger partial charge is 0.480 e. The number of nitrogens with zero attached hydrogens (tertiary/aromatic N) is 3. The van der Waals surface area contributed by atoms with Crippen molar-refractivity contribution in [2.45, 2.75) is 34.6 Å². The second-order valence-electron chi connectivity index (χ2n) is 6.58. The zero-order chi connectivity index (χ0) is 19.1. The molecule has 0 amide bonds. The third-order valence-electron chi connectivity index (χ3n) is 3.31. The van der Waals surface area contributed by atoms with Crippen LogP contribution in [0.25, 0.3) is 11.1 Å². The van der Waals surface area contributed by atoms with Crippen molar-refractivity contribution in [3.05, 3.63) is 48.2 Å². The molecule has 0 atom stereocenters. The summed E-state index contributed by atoms with van der Waals surface area (Å²) >= 11 is 0. The molecule has 0 aromatic carbocycles. The minimum Gasteiger partial charge on any atom is -0.480 e. The topological polar surface area (TPSA) is 73.1 Å². The Kier molecular flexibility index (Phi) is 6.72. The van der Waals surface area contributed by atoms with Gasteiger partial charge in [0.25, 0.3) is 0 Å². The van der Waals surface area contributed by atoms with Gasteiger partial charge in [0.1, 0.15) is 11.4 Å². The van der Waals surface area contributed by atoms with E-state index in [0.29, 0.717) is 5.88 Å². The lowest BCUT2D eigenvalue weighted by atomic mass is 10.1. The van der Waals surface area contributed by atoms with E-state index in [1.807, 2.05) is 32.0 Å². The average Bonchev–Trinajstić information content (AvgIpc) is 2.94.